The van der Waals surface area contributed by atoms with E-state index >= 15 is 0 Å². The smallest absolute Gasteiger partial charge is 0.0689 e. The highest BCUT2D eigenvalue weighted by molar-refractivity contribution is 5.42. The lowest BCUT2D eigenvalue weighted by atomic mass is 9.68. The SMILES string of the molecule is CC(C)[C@H]1CC(c2ccccc2)(c2ccccc2)[C@H](C)O1. The minimum atomic E-state index is -0.0303. The molecule has 0 bridgehead atoms. The van der Waals surface area contributed by atoms with Crippen LogP contribution in [0.1, 0.15) is 38.3 Å². The van der Waals surface area contributed by atoms with E-state index in [0.717, 1.165) is 6.42 Å². The molecule has 3 rings (SSSR count). The summed E-state index contributed by atoms with van der Waals surface area (Å²) in [5.74, 6) is 0.543. The lowest BCUT2D eigenvalue weighted by molar-refractivity contribution is 0.0208. The van der Waals surface area contributed by atoms with E-state index in [2.05, 4.69) is 81.4 Å². The van der Waals surface area contributed by atoms with Gasteiger partial charge in [0.05, 0.1) is 12.2 Å². The van der Waals surface area contributed by atoms with Crippen molar-refractivity contribution in [3.63, 3.8) is 0 Å². The summed E-state index contributed by atoms with van der Waals surface area (Å²) in [4.78, 5) is 0. The van der Waals surface area contributed by atoms with E-state index in [1.165, 1.54) is 11.1 Å². The molecule has 0 unspecified atom stereocenters. The van der Waals surface area contributed by atoms with Crippen LogP contribution in [-0.4, -0.2) is 12.2 Å². The molecule has 1 saturated heterocycles. The molecule has 0 aromatic heterocycles. The summed E-state index contributed by atoms with van der Waals surface area (Å²) in [7, 11) is 0. The normalized spacial score (nSPS) is 24.4. The second-order valence-corrected chi connectivity index (χ2v) is 6.47. The van der Waals surface area contributed by atoms with Gasteiger partial charge in [-0.05, 0) is 30.4 Å². The molecule has 0 amide bonds. The molecular formula is C20H24O. The van der Waals surface area contributed by atoms with Crippen LogP contribution in [0.25, 0.3) is 0 Å². The number of hydrogen-bond donors (Lipinski definition) is 0. The third-order valence-corrected chi connectivity index (χ3v) is 4.92. The minimum Gasteiger partial charge on any atom is -0.374 e. The van der Waals surface area contributed by atoms with E-state index in [0.29, 0.717) is 12.0 Å². The quantitative estimate of drug-likeness (QED) is 0.784. The molecule has 110 valence electrons. The van der Waals surface area contributed by atoms with Gasteiger partial charge < -0.3 is 4.74 Å². The number of hydrogen-bond acceptors (Lipinski definition) is 1. The van der Waals surface area contributed by atoms with Crippen molar-refractivity contribution in [2.45, 2.75) is 44.8 Å². The van der Waals surface area contributed by atoms with Crippen LogP contribution in [0, 0.1) is 5.92 Å². The molecule has 1 aliphatic heterocycles. The monoisotopic (exact) mass is 280 g/mol. The highest BCUT2D eigenvalue weighted by Crippen LogP contribution is 2.48. The Balaban J connectivity index is 2.13. The molecular weight excluding hydrogens is 256 g/mol. The fourth-order valence-corrected chi connectivity index (χ4v) is 3.65. The first kappa shape index (κ1) is 14.3. The van der Waals surface area contributed by atoms with E-state index < -0.39 is 0 Å². The molecule has 1 heteroatoms. The summed E-state index contributed by atoms with van der Waals surface area (Å²) in [6.45, 7) is 6.73. The zero-order valence-corrected chi connectivity index (χ0v) is 13.1. The molecule has 2 atom stereocenters. The topological polar surface area (TPSA) is 9.23 Å². The summed E-state index contributed by atoms with van der Waals surface area (Å²) in [6, 6.07) is 21.7. The largest absolute Gasteiger partial charge is 0.374 e. The van der Waals surface area contributed by atoms with Gasteiger partial charge in [0.25, 0.3) is 0 Å². The Morgan fingerprint density at radius 2 is 1.38 bits per heavy atom. The first-order valence-electron chi connectivity index (χ1n) is 7.91. The van der Waals surface area contributed by atoms with Crippen molar-refractivity contribution < 1.29 is 4.74 Å². The molecule has 0 saturated carbocycles. The second kappa shape index (κ2) is 5.65. The molecule has 0 radical (unpaired) electrons. The fourth-order valence-electron chi connectivity index (χ4n) is 3.65. The molecule has 0 N–H and O–H groups in total. The fraction of sp³-hybridized carbons (Fsp3) is 0.400. The maximum absolute atomic E-state index is 6.35. The van der Waals surface area contributed by atoms with Crippen LogP contribution >= 0.6 is 0 Å². The Morgan fingerprint density at radius 1 is 0.905 bits per heavy atom. The van der Waals surface area contributed by atoms with Gasteiger partial charge in [-0.15, -0.1) is 0 Å². The van der Waals surface area contributed by atoms with Crippen molar-refractivity contribution in [1.29, 1.82) is 0 Å². The highest BCUT2D eigenvalue weighted by Gasteiger charge is 2.49. The Hall–Kier alpha value is -1.60. The lowest BCUT2D eigenvalue weighted by Gasteiger charge is -2.33. The third-order valence-electron chi connectivity index (χ3n) is 4.92. The predicted octanol–water partition coefficient (Wildman–Crippen LogP) is 4.81. The van der Waals surface area contributed by atoms with Crippen molar-refractivity contribution in [2.75, 3.05) is 0 Å². The van der Waals surface area contributed by atoms with Gasteiger partial charge in [0.1, 0.15) is 0 Å². The van der Waals surface area contributed by atoms with Gasteiger partial charge in [-0.1, -0.05) is 74.5 Å². The van der Waals surface area contributed by atoms with E-state index in [-0.39, 0.29) is 11.5 Å². The molecule has 1 heterocycles. The Labute approximate surface area is 128 Å². The van der Waals surface area contributed by atoms with E-state index in [1.807, 2.05) is 0 Å². The van der Waals surface area contributed by atoms with Gasteiger partial charge in [-0.2, -0.15) is 0 Å². The Morgan fingerprint density at radius 3 is 1.76 bits per heavy atom. The molecule has 1 aliphatic rings. The van der Waals surface area contributed by atoms with Crippen LogP contribution in [0.5, 0.6) is 0 Å². The van der Waals surface area contributed by atoms with E-state index in [4.69, 9.17) is 4.74 Å². The standard InChI is InChI=1S/C20H24O/c1-15(2)19-14-20(16(3)21-19,17-10-6-4-7-11-17)18-12-8-5-9-13-18/h4-13,15-16,19H,14H2,1-3H3/t16-,19+/m0/s1. The molecule has 1 fully saturated rings. The van der Waals surface area contributed by atoms with Crippen LogP contribution in [0.4, 0.5) is 0 Å². The first-order valence-corrected chi connectivity index (χ1v) is 7.91. The van der Waals surface area contributed by atoms with Gasteiger partial charge in [0.2, 0.25) is 0 Å². The first-order chi connectivity index (χ1) is 10.1. The molecule has 21 heavy (non-hydrogen) atoms. The Kier molecular flexibility index (Phi) is 3.86. The van der Waals surface area contributed by atoms with Crippen LogP contribution in [0.15, 0.2) is 60.7 Å². The minimum absolute atomic E-state index is 0.0303. The van der Waals surface area contributed by atoms with Crippen LogP contribution in [0.3, 0.4) is 0 Å². The average molecular weight is 280 g/mol. The van der Waals surface area contributed by atoms with Gasteiger partial charge in [-0.3, -0.25) is 0 Å². The molecule has 0 spiro atoms. The van der Waals surface area contributed by atoms with Crippen LogP contribution in [-0.2, 0) is 10.2 Å². The molecule has 2 aromatic carbocycles. The number of ether oxygens (including phenoxy) is 1. The summed E-state index contributed by atoms with van der Waals surface area (Å²) in [6.07, 6.45) is 1.56. The Bertz CT molecular complexity index is 534. The van der Waals surface area contributed by atoms with E-state index in [9.17, 15) is 0 Å². The molecule has 2 aromatic rings. The highest BCUT2D eigenvalue weighted by atomic mass is 16.5. The van der Waals surface area contributed by atoms with E-state index in [1.54, 1.807) is 0 Å². The van der Waals surface area contributed by atoms with Gasteiger partial charge >= 0.3 is 0 Å². The number of rotatable bonds is 3. The van der Waals surface area contributed by atoms with Crippen molar-refractivity contribution in [3.8, 4) is 0 Å². The van der Waals surface area contributed by atoms with Crippen molar-refractivity contribution in [3.05, 3.63) is 71.8 Å². The second-order valence-electron chi connectivity index (χ2n) is 6.47. The van der Waals surface area contributed by atoms with Crippen LogP contribution in [0.2, 0.25) is 0 Å². The molecule has 1 nitrogen and oxygen atoms in total. The lowest BCUT2D eigenvalue weighted by Crippen LogP contribution is -2.34. The average Bonchev–Trinajstić information content (AvgIpc) is 2.88. The zero-order chi connectivity index (χ0) is 14.9. The van der Waals surface area contributed by atoms with Gasteiger partial charge in [-0.25, -0.2) is 0 Å². The third kappa shape index (κ3) is 2.40. The molecule has 0 aliphatic carbocycles. The van der Waals surface area contributed by atoms with Gasteiger partial charge in [0.15, 0.2) is 0 Å². The predicted molar refractivity (Wildman–Crippen MR) is 87.5 cm³/mol. The summed E-state index contributed by atoms with van der Waals surface area (Å²) in [5.41, 5.74) is 2.70. The number of benzene rings is 2. The maximum Gasteiger partial charge on any atom is 0.0689 e. The van der Waals surface area contributed by atoms with Gasteiger partial charge in [0, 0.05) is 5.41 Å². The van der Waals surface area contributed by atoms with Crippen molar-refractivity contribution >= 4 is 0 Å². The van der Waals surface area contributed by atoms with Crippen molar-refractivity contribution in [1.82, 2.24) is 0 Å². The summed E-state index contributed by atoms with van der Waals surface area (Å²) in [5, 5.41) is 0. The summed E-state index contributed by atoms with van der Waals surface area (Å²) >= 11 is 0. The van der Waals surface area contributed by atoms with Crippen molar-refractivity contribution in [2.24, 2.45) is 5.92 Å². The van der Waals surface area contributed by atoms with Crippen LogP contribution < -0.4 is 0 Å². The zero-order valence-electron chi connectivity index (χ0n) is 13.1. The maximum atomic E-state index is 6.35. The summed E-state index contributed by atoms with van der Waals surface area (Å²) < 4.78 is 6.35.